The third-order valence-corrected chi connectivity index (χ3v) is 2.82. The topological polar surface area (TPSA) is 76.2 Å². The fourth-order valence-electron chi connectivity index (χ4n) is 1.76. The number of nitriles is 1. The molecule has 5 nitrogen and oxygen atoms in total. The molecule has 0 N–H and O–H groups in total. The number of non-ortho nitro benzene ring substituents is 1. The summed E-state index contributed by atoms with van der Waals surface area (Å²) in [6.07, 6.45) is 0.267. The Morgan fingerprint density at radius 1 is 1.29 bits per heavy atom. The molecule has 0 bridgehead atoms. The zero-order valence-electron chi connectivity index (χ0n) is 11.0. The highest BCUT2D eigenvalue weighted by Gasteiger charge is 2.11. The van der Waals surface area contributed by atoms with Crippen molar-refractivity contribution in [2.45, 2.75) is 13.0 Å². The number of halogens is 1. The van der Waals surface area contributed by atoms with Crippen LogP contribution in [0.4, 0.5) is 10.1 Å². The molecule has 0 radical (unpaired) electrons. The second kappa shape index (κ2) is 6.48. The number of nitro groups is 1. The Labute approximate surface area is 120 Å². The van der Waals surface area contributed by atoms with Crippen LogP contribution in [0.5, 0.6) is 5.75 Å². The molecule has 0 aliphatic carbocycles. The lowest BCUT2D eigenvalue weighted by Gasteiger charge is -2.08. The Bertz CT molecular complexity index is 710. The van der Waals surface area contributed by atoms with E-state index in [1.165, 1.54) is 12.1 Å². The van der Waals surface area contributed by atoms with Crippen LogP contribution in [-0.4, -0.2) is 4.92 Å². The van der Waals surface area contributed by atoms with Crippen molar-refractivity contribution in [1.29, 1.82) is 5.26 Å². The first-order valence-corrected chi connectivity index (χ1v) is 6.11. The second-order valence-electron chi connectivity index (χ2n) is 4.30. The van der Waals surface area contributed by atoms with Gasteiger partial charge in [-0.3, -0.25) is 10.1 Å². The van der Waals surface area contributed by atoms with Crippen molar-refractivity contribution < 1.29 is 14.1 Å². The molecular formula is C15H11FN2O3. The summed E-state index contributed by atoms with van der Waals surface area (Å²) in [5, 5.41) is 19.2. The molecule has 0 saturated carbocycles. The summed E-state index contributed by atoms with van der Waals surface area (Å²) in [7, 11) is 0. The first kappa shape index (κ1) is 14.5. The maximum absolute atomic E-state index is 13.7. The lowest BCUT2D eigenvalue weighted by atomic mass is 10.1. The molecule has 21 heavy (non-hydrogen) atoms. The minimum Gasteiger partial charge on any atom is -0.489 e. The van der Waals surface area contributed by atoms with Crippen LogP contribution >= 0.6 is 0 Å². The van der Waals surface area contributed by atoms with E-state index in [0.717, 1.165) is 11.6 Å². The number of hydrogen-bond acceptors (Lipinski definition) is 4. The Hall–Kier alpha value is -2.94. The highest BCUT2D eigenvalue weighted by atomic mass is 19.1. The van der Waals surface area contributed by atoms with E-state index in [1.807, 2.05) is 6.07 Å². The minimum atomic E-state index is -0.683. The number of ether oxygens (including phenoxy) is 1. The SMILES string of the molecule is N#CCc1cccc(OCc2ccc([N+](=O)[O-])cc2F)c1. The standard InChI is InChI=1S/C15H11FN2O3/c16-15-9-13(18(19)20)5-4-12(15)10-21-14-3-1-2-11(8-14)6-7-17/h1-5,8-9H,6,10H2. The third-order valence-electron chi connectivity index (χ3n) is 2.82. The molecule has 0 heterocycles. The van der Waals surface area contributed by atoms with Crippen LogP contribution < -0.4 is 4.74 Å². The highest BCUT2D eigenvalue weighted by molar-refractivity contribution is 5.35. The summed E-state index contributed by atoms with van der Waals surface area (Å²) in [6, 6.07) is 12.4. The number of hydrogen-bond donors (Lipinski definition) is 0. The van der Waals surface area contributed by atoms with Crippen LogP contribution in [0.25, 0.3) is 0 Å². The van der Waals surface area contributed by atoms with E-state index >= 15 is 0 Å². The number of nitrogens with zero attached hydrogens (tertiary/aromatic N) is 2. The van der Waals surface area contributed by atoms with Gasteiger partial charge >= 0.3 is 0 Å². The Kier molecular flexibility index (Phi) is 4.46. The molecule has 2 aromatic rings. The maximum Gasteiger partial charge on any atom is 0.272 e. The van der Waals surface area contributed by atoms with Crippen LogP contribution in [0, 0.1) is 27.3 Å². The van der Waals surface area contributed by atoms with Crippen molar-refractivity contribution in [2.24, 2.45) is 0 Å². The van der Waals surface area contributed by atoms with Gasteiger partial charge in [-0.1, -0.05) is 12.1 Å². The van der Waals surface area contributed by atoms with E-state index < -0.39 is 10.7 Å². The summed E-state index contributed by atoms with van der Waals surface area (Å²) in [5.74, 6) is -0.169. The van der Waals surface area contributed by atoms with E-state index in [1.54, 1.807) is 24.3 Å². The van der Waals surface area contributed by atoms with Gasteiger partial charge in [-0.15, -0.1) is 0 Å². The van der Waals surface area contributed by atoms with E-state index in [9.17, 15) is 14.5 Å². The average Bonchev–Trinajstić information content (AvgIpc) is 2.46. The maximum atomic E-state index is 13.7. The molecule has 0 aromatic heterocycles. The second-order valence-corrected chi connectivity index (χ2v) is 4.30. The van der Waals surface area contributed by atoms with Crippen LogP contribution in [0.1, 0.15) is 11.1 Å². The summed E-state index contributed by atoms with van der Waals surface area (Å²) < 4.78 is 19.1. The smallest absolute Gasteiger partial charge is 0.272 e. The first-order valence-electron chi connectivity index (χ1n) is 6.11. The molecule has 2 rings (SSSR count). The van der Waals surface area contributed by atoms with Gasteiger partial charge in [0, 0.05) is 11.6 Å². The summed E-state index contributed by atoms with van der Waals surface area (Å²) in [4.78, 5) is 9.87. The van der Waals surface area contributed by atoms with Crippen molar-refractivity contribution in [1.82, 2.24) is 0 Å². The molecule has 0 atom stereocenters. The van der Waals surface area contributed by atoms with Gasteiger partial charge in [-0.25, -0.2) is 4.39 Å². The molecule has 6 heteroatoms. The van der Waals surface area contributed by atoms with Crippen molar-refractivity contribution in [3.8, 4) is 11.8 Å². The summed E-state index contributed by atoms with van der Waals surface area (Å²) in [6.45, 7) is -0.0418. The molecule has 0 fully saturated rings. The largest absolute Gasteiger partial charge is 0.489 e. The molecule has 0 saturated heterocycles. The van der Waals surface area contributed by atoms with Gasteiger partial charge in [-0.05, 0) is 23.8 Å². The van der Waals surface area contributed by atoms with Crippen molar-refractivity contribution in [3.05, 3.63) is 69.5 Å². The fraction of sp³-hybridized carbons (Fsp3) is 0.133. The quantitative estimate of drug-likeness (QED) is 0.623. The van der Waals surface area contributed by atoms with Gasteiger partial charge < -0.3 is 4.74 Å². The lowest BCUT2D eigenvalue weighted by molar-refractivity contribution is -0.385. The van der Waals surface area contributed by atoms with Gasteiger partial charge in [0.1, 0.15) is 18.2 Å². The molecule has 0 amide bonds. The monoisotopic (exact) mass is 286 g/mol. The van der Waals surface area contributed by atoms with Gasteiger partial charge in [0.05, 0.1) is 23.5 Å². The van der Waals surface area contributed by atoms with Gasteiger partial charge in [-0.2, -0.15) is 5.26 Å². The van der Waals surface area contributed by atoms with Crippen molar-refractivity contribution >= 4 is 5.69 Å². The van der Waals surface area contributed by atoms with E-state index in [2.05, 4.69) is 0 Å². The van der Waals surface area contributed by atoms with E-state index in [-0.39, 0.29) is 24.3 Å². The number of benzene rings is 2. The van der Waals surface area contributed by atoms with Gasteiger partial charge in [0.2, 0.25) is 0 Å². The fourth-order valence-corrected chi connectivity index (χ4v) is 1.76. The zero-order valence-corrected chi connectivity index (χ0v) is 11.0. The zero-order chi connectivity index (χ0) is 15.2. The predicted octanol–water partition coefficient (Wildman–Crippen LogP) is 3.38. The van der Waals surface area contributed by atoms with Crippen molar-refractivity contribution in [2.75, 3.05) is 0 Å². The normalized spacial score (nSPS) is 9.90. The molecule has 0 aliphatic rings. The highest BCUT2D eigenvalue weighted by Crippen LogP contribution is 2.19. The Balaban J connectivity index is 2.08. The van der Waals surface area contributed by atoms with Crippen LogP contribution in [0.15, 0.2) is 42.5 Å². The van der Waals surface area contributed by atoms with Gasteiger partial charge in [0.25, 0.3) is 5.69 Å². The van der Waals surface area contributed by atoms with E-state index in [4.69, 9.17) is 10.00 Å². The van der Waals surface area contributed by atoms with Crippen molar-refractivity contribution in [3.63, 3.8) is 0 Å². The molecule has 0 spiro atoms. The van der Waals surface area contributed by atoms with Crippen LogP contribution in [-0.2, 0) is 13.0 Å². The lowest BCUT2D eigenvalue weighted by Crippen LogP contribution is -2.00. The van der Waals surface area contributed by atoms with Crippen LogP contribution in [0.3, 0.4) is 0 Å². The average molecular weight is 286 g/mol. The summed E-state index contributed by atoms with van der Waals surface area (Å²) in [5.41, 5.74) is 0.734. The number of rotatable bonds is 5. The van der Waals surface area contributed by atoms with Gasteiger partial charge in [0.15, 0.2) is 0 Å². The molecule has 106 valence electrons. The molecule has 0 aliphatic heterocycles. The minimum absolute atomic E-state index is 0.0418. The molecule has 2 aromatic carbocycles. The molecular weight excluding hydrogens is 275 g/mol. The first-order chi connectivity index (χ1) is 10.1. The Morgan fingerprint density at radius 2 is 2.10 bits per heavy atom. The Morgan fingerprint density at radius 3 is 2.76 bits per heavy atom. The van der Waals surface area contributed by atoms with Crippen LogP contribution in [0.2, 0.25) is 0 Å². The molecule has 0 unspecified atom stereocenters. The summed E-state index contributed by atoms with van der Waals surface area (Å²) >= 11 is 0. The predicted molar refractivity (Wildman–Crippen MR) is 73.1 cm³/mol. The number of nitro benzene ring substituents is 1. The van der Waals surface area contributed by atoms with E-state index in [0.29, 0.717) is 5.75 Å². The third kappa shape index (κ3) is 3.76.